The fourth-order valence-electron chi connectivity index (χ4n) is 2.52. The van der Waals surface area contributed by atoms with E-state index < -0.39 is 0 Å². The molecule has 0 saturated carbocycles. The maximum atomic E-state index is 12.1. The first-order valence-electron chi connectivity index (χ1n) is 7.75. The summed E-state index contributed by atoms with van der Waals surface area (Å²) in [6.07, 6.45) is 3.41. The predicted octanol–water partition coefficient (Wildman–Crippen LogP) is 4.80. The molecular formula is C20H19NO2S. The molecule has 0 aliphatic carbocycles. The molecule has 24 heavy (non-hydrogen) atoms. The van der Waals surface area contributed by atoms with Crippen LogP contribution in [-0.4, -0.2) is 13.0 Å². The number of thiophene rings is 1. The fourth-order valence-corrected chi connectivity index (χ4v) is 3.25. The highest BCUT2D eigenvalue weighted by Gasteiger charge is 2.07. The summed E-state index contributed by atoms with van der Waals surface area (Å²) < 4.78 is 5.23. The van der Waals surface area contributed by atoms with E-state index in [-0.39, 0.29) is 11.9 Å². The number of rotatable bonds is 5. The van der Waals surface area contributed by atoms with Crippen LogP contribution in [0.2, 0.25) is 0 Å². The van der Waals surface area contributed by atoms with Crippen LogP contribution in [-0.2, 0) is 4.79 Å². The average molecular weight is 337 g/mol. The van der Waals surface area contributed by atoms with Crippen molar-refractivity contribution in [3.8, 4) is 5.75 Å². The van der Waals surface area contributed by atoms with Crippen LogP contribution in [0, 0.1) is 0 Å². The maximum absolute atomic E-state index is 12.1. The van der Waals surface area contributed by atoms with E-state index in [9.17, 15) is 4.79 Å². The number of amides is 1. The van der Waals surface area contributed by atoms with E-state index in [0.717, 1.165) is 27.0 Å². The van der Waals surface area contributed by atoms with Gasteiger partial charge in [0.25, 0.3) is 0 Å². The van der Waals surface area contributed by atoms with E-state index in [1.165, 1.54) is 0 Å². The Hall–Kier alpha value is -2.59. The van der Waals surface area contributed by atoms with Gasteiger partial charge in [0.1, 0.15) is 5.75 Å². The normalized spacial score (nSPS) is 12.4. The van der Waals surface area contributed by atoms with Crippen molar-refractivity contribution in [2.45, 2.75) is 13.0 Å². The van der Waals surface area contributed by atoms with Crippen LogP contribution in [0.5, 0.6) is 5.75 Å². The number of carbonyl (C=O) groups excluding carboxylic acids is 1. The predicted molar refractivity (Wildman–Crippen MR) is 100 cm³/mol. The van der Waals surface area contributed by atoms with Gasteiger partial charge in [0.2, 0.25) is 5.91 Å². The molecular weight excluding hydrogens is 318 g/mol. The molecule has 1 N–H and O–H groups in total. The number of fused-ring (bicyclic) bond motifs is 1. The van der Waals surface area contributed by atoms with E-state index in [0.29, 0.717) is 0 Å². The molecule has 0 fully saturated rings. The van der Waals surface area contributed by atoms with Crippen LogP contribution in [0.15, 0.2) is 60.0 Å². The lowest BCUT2D eigenvalue weighted by Gasteiger charge is -2.09. The molecule has 3 aromatic rings. The molecule has 4 heteroatoms. The zero-order chi connectivity index (χ0) is 16.9. The first-order valence-corrected chi connectivity index (χ1v) is 8.63. The standard InChI is InChI=1S/C20H19NO2S/c1-14(19-4-3-11-24-19)21-20(22)10-6-15-5-7-17-13-18(23-2)9-8-16(17)12-15/h3-14H,1-2H3,(H,21,22)/b10-6+. The largest absolute Gasteiger partial charge is 0.497 e. The molecule has 122 valence electrons. The highest BCUT2D eigenvalue weighted by Crippen LogP contribution is 2.22. The SMILES string of the molecule is COc1ccc2cc(/C=C/C(=O)NC(C)c3cccs3)ccc2c1. The molecule has 0 radical (unpaired) electrons. The Bertz CT molecular complexity index is 868. The van der Waals surface area contributed by atoms with Gasteiger partial charge in [-0.15, -0.1) is 11.3 Å². The first-order chi connectivity index (χ1) is 11.7. The molecule has 3 rings (SSSR count). The van der Waals surface area contributed by atoms with Gasteiger partial charge in [0.05, 0.1) is 13.2 Å². The topological polar surface area (TPSA) is 38.3 Å². The molecule has 2 aromatic carbocycles. The van der Waals surface area contributed by atoms with E-state index >= 15 is 0 Å². The zero-order valence-corrected chi connectivity index (χ0v) is 14.5. The van der Waals surface area contributed by atoms with Gasteiger partial charge in [-0.05, 0) is 59.0 Å². The van der Waals surface area contributed by atoms with Crippen LogP contribution in [0.1, 0.15) is 23.4 Å². The Kier molecular flexibility index (Phi) is 4.96. The molecule has 0 saturated heterocycles. The minimum Gasteiger partial charge on any atom is -0.497 e. The van der Waals surface area contributed by atoms with E-state index in [1.54, 1.807) is 24.5 Å². The van der Waals surface area contributed by atoms with Crippen molar-refractivity contribution in [1.29, 1.82) is 0 Å². The van der Waals surface area contributed by atoms with Crippen molar-refractivity contribution in [2.75, 3.05) is 7.11 Å². The van der Waals surface area contributed by atoms with Crippen molar-refractivity contribution in [1.82, 2.24) is 5.32 Å². The summed E-state index contributed by atoms with van der Waals surface area (Å²) in [5.41, 5.74) is 0.992. The lowest BCUT2D eigenvalue weighted by molar-refractivity contribution is -0.117. The van der Waals surface area contributed by atoms with Gasteiger partial charge in [0.15, 0.2) is 0 Å². The third-order valence-electron chi connectivity index (χ3n) is 3.83. The summed E-state index contributed by atoms with van der Waals surface area (Å²) in [6, 6.07) is 16.1. The molecule has 0 spiro atoms. The molecule has 1 aromatic heterocycles. The highest BCUT2D eigenvalue weighted by atomic mass is 32.1. The Morgan fingerprint density at radius 1 is 1.17 bits per heavy atom. The Morgan fingerprint density at radius 2 is 1.96 bits per heavy atom. The zero-order valence-electron chi connectivity index (χ0n) is 13.7. The van der Waals surface area contributed by atoms with Crippen LogP contribution >= 0.6 is 11.3 Å². The molecule has 1 atom stereocenters. The number of nitrogens with one attached hydrogen (secondary N) is 1. The second kappa shape index (κ2) is 7.32. The van der Waals surface area contributed by atoms with Crippen molar-refractivity contribution in [3.63, 3.8) is 0 Å². The van der Waals surface area contributed by atoms with Gasteiger partial charge in [-0.2, -0.15) is 0 Å². The number of ether oxygens (including phenoxy) is 1. The van der Waals surface area contributed by atoms with E-state index in [4.69, 9.17) is 4.74 Å². The molecule has 0 aliphatic heterocycles. The summed E-state index contributed by atoms with van der Waals surface area (Å²) >= 11 is 1.64. The molecule has 1 heterocycles. The van der Waals surface area contributed by atoms with Crippen molar-refractivity contribution in [2.24, 2.45) is 0 Å². The third kappa shape index (κ3) is 3.84. The van der Waals surface area contributed by atoms with E-state index in [1.807, 2.05) is 60.8 Å². The summed E-state index contributed by atoms with van der Waals surface area (Å²) in [7, 11) is 1.66. The lowest BCUT2D eigenvalue weighted by Crippen LogP contribution is -2.23. The summed E-state index contributed by atoms with van der Waals surface area (Å²) in [4.78, 5) is 13.2. The Balaban J connectivity index is 1.69. The highest BCUT2D eigenvalue weighted by molar-refractivity contribution is 7.10. The Labute approximate surface area is 145 Å². The maximum Gasteiger partial charge on any atom is 0.244 e. The monoisotopic (exact) mass is 337 g/mol. The minimum atomic E-state index is -0.0919. The van der Waals surface area contributed by atoms with Crippen LogP contribution < -0.4 is 10.1 Å². The number of benzene rings is 2. The van der Waals surface area contributed by atoms with Gasteiger partial charge in [-0.25, -0.2) is 0 Å². The van der Waals surface area contributed by atoms with Crippen LogP contribution in [0.25, 0.3) is 16.8 Å². The van der Waals surface area contributed by atoms with Gasteiger partial charge >= 0.3 is 0 Å². The van der Waals surface area contributed by atoms with Crippen molar-refractivity contribution in [3.05, 3.63) is 70.4 Å². The van der Waals surface area contributed by atoms with Gasteiger partial charge < -0.3 is 10.1 Å². The van der Waals surface area contributed by atoms with Crippen molar-refractivity contribution >= 4 is 34.1 Å². The molecule has 0 aliphatic rings. The second-order valence-electron chi connectivity index (χ2n) is 5.55. The smallest absolute Gasteiger partial charge is 0.244 e. The van der Waals surface area contributed by atoms with Crippen LogP contribution in [0.3, 0.4) is 0 Å². The summed E-state index contributed by atoms with van der Waals surface area (Å²) in [5.74, 6) is 0.749. The summed E-state index contributed by atoms with van der Waals surface area (Å²) in [6.45, 7) is 1.99. The number of methoxy groups -OCH3 is 1. The molecule has 1 unspecified atom stereocenters. The minimum absolute atomic E-state index is 0.0196. The second-order valence-corrected chi connectivity index (χ2v) is 6.53. The van der Waals surface area contributed by atoms with Crippen molar-refractivity contribution < 1.29 is 9.53 Å². The number of hydrogen-bond acceptors (Lipinski definition) is 3. The lowest BCUT2D eigenvalue weighted by atomic mass is 10.1. The third-order valence-corrected chi connectivity index (χ3v) is 4.88. The fraction of sp³-hybridized carbons (Fsp3) is 0.150. The van der Waals surface area contributed by atoms with Gasteiger partial charge in [0, 0.05) is 11.0 Å². The molecule has 3 nitrogen and oxygen atoms in total. The quantitative estimate of drug-likeness (QED) is 0.679. The van der Waals surface area contributed by atoms with Gasteiger partial charge in [-0.1, -0.05) is 24.3 Å². The number of carbonyl (C=O) groups is 1. The average Bonchev–Trinajstić information content (AvgIpc) is 3.14. The van der Waals surface area contributed by atoms with Crippen LogP contribution in [0.4, 0.5) is 0 Å². The first kappa shape index (κ1) is 16.3. The summed E-state index contributed by atoms with van der Waals surface area (Å²) in [5, 5.41) is 7.21. The molecule has 1 amide bonds. The number of hydrogen-bond donors (Lipinski definition) is 1. The van der Waals surface area contributed by atoms with Gasteiger partial charge in [-0.3, -0.25) is 4.79 Å². The Morgan fingerprint density at radius 3 is 2.71 bits per heavy atom. The van der Waals surface area contributed by atoms with E-state index in [2.05, 4.69) is 11.4 Å². The molecule has 0 bridgehead atoms.